The third kappa shape index (κ3) is 4.11. The van der Waals surface area contributed by atoms with Crippen molar-refractivity contribution in [2.24, 2.45) is 11.3 Å². The van der Waals surface area contributed by atoms with Gasteiger partial charge in [0.2, 0.25) is 5.91 Å². The molecule has 2 fully saturated rings. The zero-order chi connectivity index (χ0) is 26.6. The molecule has 1 saturated carbocycles. The highest BCUT2D eigenvalue weighted by Gasteiger charge is 2.69. The van der Waals surface area contributed by atoms with Crippen LogP contribution in [0.15, 0.2) is 53.4 Å². The molecule has 4 heterocycles. The lowest BCUT2D eigenvalue weighted by atomic mass is 9.90. The van der Waals surface area contributed by atoms with Crippen LogP contribution in [0.5, 0.6) is 0 Å². The van der Waals surface area contributed by atoms with E-state index in [1.807, 2.05) is 25.1 Å². The van der Waals surface area contributed by atoms with Gasteiger partial charge in [0.25, 0.3) is 0 Å². The number of aromatic nitrogens is 5. The van der Waals surface area contributed by atoms with Crippen LogP contribution in [-0.2, 0) is 16.1 Å². The average molecular weight is 574 g/mol. The molecular weight excluding hydrogens is 550 g/mol. The SMILES string of the molecule is CC(=O)c1nn(CC(=O)C23CC2CNC3C(=O)Nc2cccc(Br)n2)c2ccc(-c3cnc(C)nc3)cc12. The smallest absolute Gasteiger partial charge is 0.243 e. The summed E-state index contributed by atoms with van der Waals surface area (Å²) in [7, 11) is 0. The minimum atomic E-state index is -0.802. The normalized spacial score (nSPS) is 21.8. The van der Waals surface area contributed by atoms with E-state index in [0.29, 0.717) is 45.8 Å². The van der Waals surface area contributed by atoms with Crippen molar-refractivity contribution in [3.8, 4) is 11.1 Å². The van der Waals surface area contributed by atoms with Crippen molar-refractivity contribution in [2.75, 3.05) is 11.9 Å². The number of pyridine rings is 1. The second kappa shape index (κ2) is 9.17. The molecule has 10 nitrogen and oxygen atoms in total. The van der Waals surface area contributed by atoms with Crippen LogP contribution in [0.2, 0.25) is 0 Å². The van der Waals surface area contributed by atoms with Gasteiger partial charge in [0.05, 0.1) is 10.9 Å². The van der Waals surface area contributed by atoms with E-state index in [1.165, 1.54) is 6.92 Å². The molecule has 1 aromatic carbocycles. The molecule has 1 aliphatic carbocycles. The van der Waals surface area contributed by atoms with E-state index in [1.54, 1.807) is 35.3 Å². The topological polar surface area (TPSA) is 132 Å². The van der Waals surface area contributed by atoms with E-state index >= 15 is 0 Å². The number of ketones is 2. The maximum Gasteiger partial charge on any atom is 0.243 e. The molecule has 1 saturated heterocycles. The van der Waals surface area contributed by atoms with Gasteiger partial charge in [0.1, 0.15) is 34.5 Å². The van der Waals surface area contributed by atoms with E-state index in [2.05, 4.69) is 46.6 Å². The number of benzene rings is 1. The van der Waals surface area contributed by atoms with E-state index in [-0.39, 0.29) is 29.9 Å². The molecule has 0 radical (unpaired) electrons. The summed E-state index contributed by atoms with van der Waals surface area (Å²) in [4.78, 5) is 52.1. The number of piperidine rings is 1. The predicted octanol–water partition coefficient (Wildman–Crippen LogP) is 3.35. The van der Waals surface area contributed by atoms with E-state index < -0.39 is 11.5 Å². The van der Waals surface area contributed by atoms with Crippen molar-refractivity contribution in [2.45, 2.75) is 32.9 Å². The van der Waals surface area contributed by atoms with Gasteiger partial charge in [-0.1, -0.05) is 12.1 Å². The number of fused-ring (bicyclic) bond motifs is 2. The zero-order valence-corrected chi connectivity index (χ0v) is 22.3. The van der Waals surface area contributed by atoms with Gasteiger partial charge >= 0.3 is 0 Å². The Kier molecular flexibility index (Phi) is 5.92. The van der Waals surface area contributed by atoms with Crippen LogP contribution >= 0.6 is 15.9 Å². The monoisotopic (exact) mass is 573 g/mol. The summed E-state index contributed by atoms with van der Waals surface area (Å²) in [5.41, 5.74) is 1.85. The van der Waals surface area contributed by atoms with E-state index in [4.69, 9.17) is 0 Å². The molecule has 3 aromatic heterocycles. The third-order valence-electron chi connectivity index (χ3n) is 7.48. The predicted molar refractivity (Wildman–Crippen MR) is 143 cm³/mol. The third-order valence-corrected chi connectivity index (χ3v) is 7.92. The number of nitrogens with zero attached hydrogens (tertiary/aromatic N) is 5. The van der Waals surface area contributed by atoms with Crippen LogP contribution in [0.1, 0.15) is 29.7 Å². The van der Waals surface area contributed by atoms with E-state index in [0.717, 1.165) is 11.1 Å². The first-order valence-corrected chi connectivity index (χ1v) is 13.1. The Morgan fingerprint density at radius 1 is 1.16 bits per heavy atom. The molecule has 0 bridgehead atoms. The summed E-state index contributed by atoms with van der Waals surface area (Å²) in [5, 5.41) is 11.2. The lowest BCUT2D eigenvalue weighted by Crippen LogP contribution is -2.47. The molecule has 2 N–H and O–H groups in total. The Morgan fingerprint density at radius 2 is 1.95 bits per heavy atom. The van der Waals surface area contributed by atoms with Gasteiger partial charge in [-0.05, 0) is 71.6 Å². The van der Waals surface area contributed by atoms with Crippen LogP contribution in [0.25, 0.3) is 22.0 Å². The summed E-state index contributed by atoms with van der Waals surface area (Å²) in [6, 6.07) is 10.2. The maximum absolute atomic E-state index is 13.7. The fraction of sp³-hybridized carbons (Fsp3) is 0.296. The van der Waals surface area contributed by atoms with Crippen molar-refractivity contribution in [3.05, 3.63) is 64.9 Å². The van der Waals surface area contributed by atoms with Crippen LogP contribution in [-0.4, -0.2) is 54.8 Å². The summed E-state index contributed by atoms with van der Waals surface area (Å²) < 4.78 is 2.19. The number of rotatable bonds is 7. The standard InChI is InChI=1S/C27H24BrN7O3/c1-14(36)24-19-8-16(17-10-29-15(2)30-11-17)6-7-20(19)35(34-24)13-21(37)27-9-18(27)12-31-25(27)26(38)33-23-5-3-4-22(28)32-23/h3-8,10-11,18,25,31H,9,12-13H2,1-2H3,(H,32,33,38). The number of Topliss-reactive ketones (excluding diaryl/α,β-unsaturated/α-hetero) is 2. The summed E-state index contributed by atoms with van der Waals surface area (Å²) >= 11 is 3.31. The average Bonchev–Trinajstić information content (AvgIpc) is 3.33. The number of nitrogens with one attached hydrogen (secondary N) is 2. The minimum Gasteiger partial charge on any atom is -0.309 e. The number of halogens is 1. The molecule has 1 amide bonds. The van der Waals surface area contributed by atoms with Gasteiger partial charge in [-0.15, -0.1) is 0 Å². The molecule has 192 valence electrons. The summed E-state index contributed by atoms with van der Waals surface area (Å²) in [6.45, 7) is 3.84. The Morgan fingerprint density at radius 3 is 2.66 bits per heavy atom. The second-order valence-corrected chi connectivity index (χ2v) is 10.7. The highest BCUT2D eigenvalue weighted by atomic mass is 79.9. The van der Waals surface area contributed by atoms with Crippen molar-refractivity contribution >= 4 is 50.1 Å². The number of anilines is 1. The first kappa shape index (κ1) is 24.5. The molecular formula is C27H24BrN7O3. The molecule has 38 heavy (non-hydrogen) atoms. The van der Waals surface area contributed by atoms with Crippen molar-refractivity contribution < 1.29 is 14.4 Å². The number of hydrogen-bond acceptors (Lipinski definition) is 8. The summed E-state index contributed by atoms with van der Waals surface area (Å²) in [5.74, 6) is 0.612. The second-order valence-electron chi connectivity index (χ2n) is 9.85. The van der Waals surface area contributed by atoms with Crippen LogP contribution in [0.4, 0.5) is 5.82 Å². The summed E-state index contributed by atoms with van der Waals surface area (Å²) in [6.07, 6.45) is 4.11. The number of carbonyl (C=O) groups is 3. The van der Waals surface area contributed by atoms with Gasteiger partial charge < -0.3 is 10.6 Å². The van der Waals surface area contributed by atoms with Gasteiger partial charge in [-0.25, -0.2) is 15.0 Å². The molecule has 6 rings (SSSR count). The highest BCUT2D eigenvalue weighted by molar-refractivity contribution is 9.10. The fourth-order valence-corrected chi connectivity index (χ4v) is 5.81. The highest BCUT2D eigenvalue weighted by Crippen LogP contribution is 2.59. The number of aryl methyl sites for hydroxylation is 1. The van der Waals surface area contributed by atoms with Crippen molar-refractivity contribution in [3.63, 3.8) is 0 Å². The fourth-order valence-electron chi connectivity index (χ4n) is 5.47. The minimum absolute atomic E-state index is 0.0339. The quantitative estimate of drug-likeness (QED) is 0.254. The van der Waals surface area contributed by atoms with Gasteiger partial charge in [-0.2, -0.15) is 5.10 Å². The van der Waals surface area contributed by atoms with E-state index in [9.17, 15) is 14.4 Å². The molecule has 1 aliphatic heterocycles. The molecule has 0 spiro atoms. The van der Waals surface area contributed by atoms with Crippen LogP contribution < -0.4 is 10.6 Å². The molecule has 11 heteroatoms. The molecule has 4 aromatic rings. The van der Waals surface area contributed by atoms with Gasteiger partial charge in [-0.3, -0.25) is 19.1 Å². The molecule has 3 atom stereocenters. The van der Waals surface area contributed by atoms with Crippen LogP contribution in [0, 0.1) is 18.3 Å². The Hall–Kier alpha value is -3.83. The lowest BCUT2D eigenvalue weighted by molar-refractivity contribution is -0.130. The van der Waals surface area contributed by atoms with Gasteiger partial charge in [0, 0.05) is 30.3 Å². The maximum atomic E-state index is 13.7. The number of amides is 1. The zero-order valence-electron chi connectivity index (χ0n) is 20.7. The molecule has 3 unspecified atom stereocenters. The molecule has 2 aliphatic rings. The number of carbonyl (C=O) groups excluding carboxylic acids is 3. The Labute approximate surface area is 226 Å². The Balaban J connectivity index is 1.28. The van der Waals surface area contributed by atoms with Crippen molar-refractivity contribution in [1.29, 1.82) is 0 Å². The van der Waals surface area contributed by atoms with Crippen molar-refractivity contribution in [1.82, 2.24) is 30.0 Å². The first-order chi connectivity index (χ1) is 18.3. The largest absolute Gasteiger partial charge is 0.309 e. The number of hydrogen-bond donors (Lipinski definition) is 2. The first-order valence-electron chi connectivity index (χ1n) is 12.3. The van der Waals surface area contributed by atoms with Gasteiger partial charge in [0.15, 0.2) is 11.6 Å². The van der Waals surface area contributed by atoms with Crippen LogP contribution in [0.3, 0.4) is 0 Å². The lowest BCUT2D eigenvalue weighted by Gasteiger charge is -2.22. The Bertz CT molecular complexity index is 1620.